The second kappa shape index (κ2) is 8.60. The van der Waals surface area contributed by atoms with E-state index in [1.165, 1.54) is 0 Å². The van der Waals surface area contributed by atoms with E-state index in [1.807, 2.05) is 48.5 Å². The van der Waals surface area contributed by atoms with Crippen LogP contribution in [0.4, 0.5) is 0 Å². The van der Waals surface area contributed by atoms with Crippen molar-refractivity contribution in [3.8, 4) is 0 Å². The van der Waals surface area contributed by atoms with Gasteiger partial charge in [0.05, 0.1) is 0 Å². The van der Waals surface area contributed by atoms with E-state index in [9.17, 15) is 0 Å². The van der Waals surface area contributed by atoms with Crippen LogP contribution in [0.5, 0.6) is 0 Å². The van der Waals surface area contributed by atoms with Gasteiger partial charge in [0, 0.05) is 0 Å². The molecule has 2 rings (SSSR count). The van der Waals surface area contributed by atoms with Crippen LogP contribution in [0, 0.1) is 0 Å². The maximum atomic E-state index is 6.32. The summed E-state index contributed by atoms with van der Waals surface area (Å²) in [5.41, 5.74) is 0. The van der Waals surface area contributed by atoms with Crippen molar-refractivity contribution in [1.82, 2.24) is 0 Å². The fourth-order valence-corrected chi connectivity index (χ4v) is 11.3. The fourth-order valence-electron chi connectivity index (χ4n) is 2.68. The molecule has 26 heavy (non-hydrogen) atoms. The molecule has 1 saturated heterocycles. The third-order valence-corrected chi connectivity index (χ3v) is 11.4. The van der Waals surface area contributed by atoms with Crippen LogP contribution >= 0.6 is 59.9 Å². The van der Waals surface area contributed by atoms with Crippen LogP contribution in [0.2, 0.25) is 0 Å². The molecule has 0 aromatic carbocycles. The Labute approximate surface area is 180 Å². The molecule has 0 amide bonds. The van der Waals surface area contributed by atoms with Crippen molar-refractivity contribution >= 4 is 64.1 Å². The van der Waals surface area contributed by atoms with Gasteiger partial charge in [0.25, 0.3) is 0 Å². The van der Waals surface area contributed by atoms with E-state index < -0.39 is 33.3 Å². The molecule has 6 nitrogen and oxygen atoms in total. The van der Waals surface area contributed by atoms with E-state index in [1.54, 1.807) is 4.20 Å². The van der Waals surface area contributed by atoms with Crippen molar-refractivity contribution in [2.45, 2.75) is 87.4 Å². The Morgan fingerprint density at radius 1 is 1.04 bits per heavy atom. The maximum absolute atomic E-state index is 6.32. The first-order valence-electron chi connectivity index (χ1n) is 8.56. The molecule has 2 aliphatic rings. The molecule has 0 saturated carbocycles. The van der Waals surface area contributed by atoms with Crippen molar-refractivity contribution in [2.75, 3.05) is 4.61 Å². The van der Waals surface area contributed by atoms with Gasteiger partial charge in [-0.2, -0.15) is 0 Å². The van der Waals surface area contributed by atoms with Crippen LogP contribution in [0.1, 0.15) is 48.5 Å². The Bertz CT molecular complexity index is 551. The van der Waals surface area contributed by atoms with Crippen LogP contribution in [-0.2, 0) is 25.1 Å². The first-order chi connectivity index (χ1) is 11.7. The van der Waals surface area contributed by atoms with Gasteiger partial charge >= 0.3 is 181 Å². The standard InChI is InChI=1S/C16H32I2O6P2/c1-10(2)23-18(24-11(3)4)8-19-15(7,25)12-13(16(17,26)20-9-18)22-14(5,6)21-12/h8,10-13H,9,25-26H2,1-7H3/t12-,13-,15?,16?/m0/s1. The molecule has 2 aliphatic heterocycles. The van der Waals surface area contributed by atoms with E-state index >= 15 is 0 Å². The van der Waals surface area contributed by atoms with Crippen molar-refractivity contribution < 1.29 is 25.1 Å². The van der Waals surface area contributed by atoms with Gasteiger partial charge in [-0.25, -0.2) is 0 Å². The summed E-state index contributed by atoms with van der Waals surface area (Å²) >= 11 is -1.16. The first kappa shape index (κ1) is 24.2. The zero-order valence-electron chi connectivity index (χ0n) is 16.5. The Morgan fingerprint density at radius 2 is 1.54 bits per heavy atom. The summed E-state index contributed by atoms with van der Waals surface area (Å²) in [6.07, 6.45) is -0.675. The fraction of sp³-hybridized carbons (Fsp3) is 0.938. The monoisotopic (exact) mass is 636 g/mol. The molecule has 0 aromatic heterocycles. The van der Waals surface area contributed by atoms with Crippen molar-refractivity contribution in [2.24, 2.45) is 0 Å². The SMILES string of the molecule is CC(C)OI1(OC(C)C)=COC(C)(P)[C@H]2OC(C)(C)O[C@@H]2C(P)(I)OC1. The molecule has 0 aromatic rings. The summed E-state index contributed by atoms with van der Waals surface area (Å²) in [6.45, 7) is 13.8. The number of ether oxygens (including phenoxy) is 4. The topological polar surface area (TPSA) is 55.4 Å². The molecule has 6 atom stereocenters. The van der Waals surface area contributed by atoms with Crippen LogP contribution in [0.15, 0.2) is 0 Å². The zero-order valence-corrected chi connectivity index (χ0v) is 23.1. The first-order valence-corrected chi connectivity index (χ1v) is 15.3. The molecule has 4 unspecified atom stereocenters. The summed E-state index contributed by atoms with van der Waals surface area (Å²) in [5, 5.41) is -0.714. The van der Waals surface area contributed by atoms with E-state index in [0.717, 1.165) is 0 Å². The number of rotatable bonds is 4. The molecule has 0 bridgehead atoms. The minimum absolute atomic E-state index is 0.00386. The molecule has 10 heteroatoms. The average molecular weight is 636 g/mol. The molecule has 0 N–H and O–H groups in total. The summed E-state index contributed by atoms with van der Waals surface area (Å²) in [6, 6.07) is 0. The molecule has 2 heterocycles. The third-order valence-electron chi connectivity index (χ3n) is 3.57. The van der Waals surface area contributed by atoms with Gasteiger partial charge in [0.1, 0.15) is 0 Å². The quantitative estimate of drug-likeness (QED) is 0.257. The van der Waals surface area contributed by atoms with Gasteiger partial charge in [-0.1, -0.05) is 0 Å². The third kappa shape index (κ3) is 5.99. The Kier molecular flexibility index (Phi) is 8.01. The van der Waals surface area contributed by atoms with Crippen LogP contribution in [-0.4, -0.2) is 47.7 Å². The number of alkyl halides is 2. The van der Waals surface area contributed by atoms with Crippen LogP contribution in [0.3, 0.4) is 0 Å². The van der Waals surface area contributed by atoms with E-state index in [4.69, 9.17) is 25.1 Å². The summed E-state index contributed by atoms with van der Waals surface area (Å²) in [4.78, 5) is 0. The van der Waals surface area contributed by atoms with Gasteiger partial charge in [-0.05, 0) is 0 Å². The summed E-state index contributed by atoms with van der Waals surface area (Å²) < 4.78 is 38.9. The Hall–Kier alpha value is 1.95. The van der Waals surface area contributed by atoms with Gasteiger partial charge in [0.15, 0.2) is 0 Å². The molecule has 1 fully saturated rings. The van der Waals surface area contributed by atoms with E-state index in [2.05, 4.69) is 41.1 Å². The average Bonchev–Trinajstić information content (AvgIpc) is 2.79. The second-order valence-electron chi connectivity index (χ2n) is 7.71. The molecule has 0 aliphatic carbocycles. The molecule has 0 spiro atoms. The van der Waals surface area contributed by atoms with Gasteiger partial charge in [0.2, 0.25) is 0 Å². The normalized spacial score (nSPS) is 41.1. The van der Waals surface area contributed by atoms with Crippen molar-refractivity contribution in [3.63, 3.8) is 0 Å². The van der Waals surface area contributed by atoms with Gasteiger partial charge in [-0.15, -0.1) is 0 Å². The second-order valence-corrected chi connectivity index (χ2v) is 18.2. The van der Waals surface area contributed by atoms with Crippen LogP contribution < -0.4 is 0 Å². The summed E-state index contributed by atoms with van der Waals surface area (Å²) in [5.74, 6) is -0.715. The van der Waals surface area contributed by atoms with Crippen molar-refractivity contribution in [1.29, 1.82) is 0 Å². The molecular formula is C16H32I2O6P2. The predicted molar refractivity (Wildman–Crippen MR) is 128 cm³/mol. The number of hydrogen-bond acceptors (Lipinski definition) is 6. The molecule has 0 radical (unpaired) electrons. The Balaban J connectivity index is 2.47. The number of fused-ring (bicyclic) bond motifs is 1. The molecule has 156 valence electrons. The molecular weight excluding hydrogens is 604 g/mol. The minimum atomic E-state index is -3.42. The Morgan fingerprint density at radius 3 is 2.04 bits per heavy atom. The van der Waals surface area contributed by atoms with E-state index in [0.29, 0.717) is 4.61 Å². The van der Waals surface area contributed by atoms with Gasteiger partial charge in [-0.3, -0.25) is 0 Å². The van der Waals surface area contributed by atoms with Crippen LogP contribution in [0.25, 0.3) is 0 Å². The van der Waals surface area contributed by atoms with E-state index in [-0.39, 0.29) is 24.4 Å². The summed E-state index contributed by atoms with van der Waals surface area (Å²) in [7, 11) is 5.52. The van der Waals surface area contributed by atoms with Gasteiger partial charge < -0.3 is 0 Å². The predicted octanol–water partition coefficient (Wildman–Crippen LogP) is 4.55. The number of halogens is 2. The zero-order chi connectivity index (χ0) is 20.0. The van der Waals surface area contributed by atoms with Crippen molar-refractivity contribution in [3.05, 3.63) is 0 Å². The number of hydrogen-bond donors (Lipinski definition) is 0.